The van der Waals surface area contributed by atoms with E-state index in [0.29, 0.717) is 11.8 Å². The molecule has 0 aromatic carbocycles. The van der Waals surface area contributed by atoms with E-state index in [0.717, 1.165) is 24.1 Å². The Morgan fingerprint density at radius 1 is 1.30 bits per heavy atom. The van der Waals surface area contributed by atoms with Crippen molar-refractivity contribution in [2.75, 3.05) is 5.32 Å². The van der Waals surface area contributed by atoms with Crippen LogP contribution in [-0.2, 0) is 4.79 Å². The fourth-order valence-corrected chi connectivity index (χ4v) is 3.57. The number of aromatic nitrogens is 1. The molecule has 2 aliphatic carbocycles. The molecule has 4 unspecified atom stereocenters. The molecule has 2 saturated carbocycles. The number of hydrogen-bond acceptors (Lipinski definition) is 3. The van der Waals surface area contributed by atoms with Crippen LogP contribution < -0.4 is 11.1 Å². The number of fused-ring (bicyclic) bond motifs is 2. The standard InChI is InChI=1S/C14H19N3O.2ClH/c1-8-4-11(7-16-6-8)17-14(18)12-9-2-3-10(5-9)13(12)15;;/h4,6-7,9-10,12-13H,2-3,5,15H2,1H3,(H,17,18);2*1H. The summed E-state index contributed by atoms with van der Waals surface area (Å²) in [7, 11) is 0. The van der Waals surface area contributed by atoms with Gasteiger partial charge in [-0.25, -0.2) is 0 Å². The molecule has 0 aliphatic heterocycles. The summed E-state index contributed by atoms with van der Waals surface area (Å²) in [5.41, 5.74) is 7.99. The van der Waals surface area contributed by atoms with Crippen LogP contribution in [0.25, 0.3) is 0 Å². The lowest BCUT2D eigenvalue weighted by molar-refractivity contribution is -0.121. The van der Waals surface area contributed by atoms with Crippen molar-refractivity contribution in [3.05, 3.63) is 24.0 Å². The average Bonchev–Trinajstić information content (AvgIpc) is 2.89. The van der Waals surface area contributed by atoms with Gasteiger partial charge in [0.15, 0.2) is 0 Å². The fraction of sp³-hybridized carbons (Fsp3) is 0.571. The highest BCUT2D eigenvalue weighted by Crippen LogP contribution is 2.47. The number of nitrogens with two attached hydrogens (primary N) is 1. The number of pyridine rings is 1. The lowest BCUT2D eigenvalue weighted by Gasteiger charge is -2.26. The van der Waals surface area contributed by atoms with Crippen LogP contribution in [0, 0.1) is 24.7 Å². The van der Waals surface area contributed by atoms with E-state index in [2.05, 4.69) is 10.3 Å². The van der Waals surface area contributed by atoms with Gasteiger partial charge in [-0.05, 0) is 49.7 Å². The van der Waals surface area contributed by atoms with Gasteiger partial charge in [0.1, 0.15) is 0 Å². The molecule has 1 aromatic heterocycles. The van der Waals surface area contributed by atoms with Crippen molar-refractivity contribution in [3.63, 3.8) is 0 Å². The molecule has 0 spiro atoms. The third kappa shape index (κ3) is 3.08. The maximum absolute atomic E-state index is 12.3. The number of amides is 1. The van der Waals surface area contributed by atoms with E-state index in [1.807, 2.05) is 13.0 Å². The quantitative estimate of drug-likeness (QED) is 0.880. The Kier molecular flexibility index (Phi) is 5.80. The first-order valence-corrected chi connectivity index (χ1v) is 6.63. The van der Waals surface area contributed by atoms with Gasteiger partial charge in [0.25, 0.3) is 0 Å². The second-order valence-corrected chi connectivity index (χ2v) is 5.68. The van der Waals surface area contributed by atoms with E-state index in [-0.39, 0.29) is 42.7 Å². The first-order chi connectivity index (χ1) is 8.65. The molecule has 3 rings (SSSR count). The van der Waals surface area contributed by atoms with E-state index < -0.39 is 0 Å². The van der Waals surface area contributed by atoms with Crippen molar-refractivity contribution in [3.8, 4) is 0 Å². The maximum Gasteiger partial charge on any atom is 0.229 e. The van der Waals surface area contributed by atoms with Crippen molar-refractivity contribution in [2.45, 2.75) is 32.2 Å². The minimum absolute atomic E-state index is 0. The summed E-state index contributed by atoms with van der Waals surface area (Å²) in [6, 6.07) is 1.98. The summed E-state index contributed by atoms with van der Waals surface area (Å²) in [4.78, 5) is 16.4. The molecule has 2 bridgehead atoms. The monoisotopic (exact) mass is 317 g/mol. The minimum Gasteiger partial charge on any atom is -0.327 e. The topological polar surface area (TPSA) is 68.0 Å². The number of carbonyl (C=O) groups excluding carboxylic acids is 1. The van der Waals surface area contributed by atoms with Crippen LogP contribution in [-0.4, -0.2) is 16.9 Å². The molecule has 1 aromatic rings. The van der Waals surface area contributed by atoms with Gasteiger partial charge in [-0.2, -0.15) is 0 Å². The molecule has 1 heterocycles. The molecule has 3 N–H and O–H groups in total. The molecular formula is C14H21Cl2N3O. The van der Waals surface area contributed by atoms with Gasteiger partial charge in [-0.1, -0.05) is 0 Å². The van der Waals surface area contributed by atoms with E-state index >= 15 is 0 Å². The van der Waals surface area contributed by atoms with Crippen molar-refractivity contribution in [1.82, 2.24) is 4.98 Å². The number of aryl methyl sites for hydroxylation is 1. The number of nitrogens with zero attached hydrogens (tertiary/aromatic N) is 1. The molecular weight excluding hydrogens is 297 g/mol. The van der Waals surface area contributed by atoms with Crippen LogP contribution in [0.5, 0.6) is 0 Å². The zero-order chi connectivity index (χ0) is 12.7. The Balaban J connectivity index is 0.000001000. The fourth-order valence-electron chi connectivity index (χ4n) is 3.57. The summed E-state index contributed by atoms with van der Waals surface area (Å²) >= 11 is 0. The molecule has 2 aliphatic rings. The van der Waals surface area contributed by atoms with Gasteiger partial charge in [0.2, 0.25) is 5.91 Å². The highest BCUT2D eigenvalue weighted by molar-refractivity contribution is 5.93. The summed E-state index contributed by atoms with van der Waals surface area (Å²) in [5, 5.41) is 2.96. The number of carbonyl (C=O) groups is 1. The van der Waals surface area contributed by atoms with Gasteiger partial charge in [0, 0.05) is 12.2 Å². The summed E-state index contributed by atoms with van der Waals surface area (Å²) in [6.45, 7) is 1.96. The van der Waals surface area contributed by atoms with Crippen LogP contribution in [0.15, 0.2) is 18.5 Å². The van der Waals surface area contributed by atoms with E-state index in [1.165, 1.54) is 6.42 Å². The Morgan fingerprint density at radius 2 is 2.00 bits per heavy atom. The first-order valence-electron chi connectivity index (χ1n) is 6.63. The molecule has 1 amide bonds. The molecule has 4 atom stereocenters. The molecule has 2 fully saturated rings. The maximum atomic E-state index is 12.3. The Labute approximate surface area is 131 Å². The molecule has 0 radical (unpaired) electrons. The SMILES string of the molecule is Cc1cncc(NC(=O)C2C3CCC(C3)C2N)c1.Cl.Cl. The second kappa shape index (κ2) is 6.74. The second-order valence-electron chi connectivity index (χ2n) is 5.68. The van der Waals surface area contributed by atoms with Crippen molar-refractivity contribution >= 4 is 36.4 Å². The predicted octanol–water partition coefficient (Wildman–Crippen LogP) is 2.55. The number of nitrogens with one attached hydrogen (secondary N) is 1. The zero-order valence-electron chi connectivity index (χ0n) is 11.4. The lowest BCUT2D eigenvalue weighted by Crippen LogP contribution is -2.42. The van der Waals surface area contributed by atoms with E-state index in [4.69, 9.17) is 5.73 Å². The lowest BCUT2D eigenvalue weighted by atomic mass is 9.84. The first kappa shape index (κ1) is 17.2. The Hall–Kier alpha value is -0.840. The average molecular weight is 318 g/mol. The van der Waals surface area contributed by atoms with Crippen LogP contribution in [0.4, 0.5) is 5.69 Å². The van der Waals surface area contributed by atoms with Crippen molar-refractivity contribution in [1.29, 1.82) is 0 Å². The van der Waals surface area contributed by atoms with Gasteiger partial charge < -0.3 is 11.1 Å². The number of hydrogen-bond donors (Lipinski definition) is 2. The Morgan fingerprint density at radius 3 is 2.60 bits per heavy atom. The smallest absolute Gasteiger partial charge is 0.229 e. The largest absolute Gasteiger partial charge is 0.327 e. The van der Waals surface area contributed by atoms with Crippen molar-refractivity contribution in [2.24, 2.45) is 23.5 Å². The molecule has 6 heteroatoms. The van der Waals surface area contributed by atoms with Crippen LogP contribution in [0.1, 0.15) is 24.8 Å². The minimum atomic E-state index is -0.00994. The summed E-state index contributed by atoms with van der Waals surface area (Å²) < 4.78 is 0. The molecule has 4 nitrogen and oxygen atoms in total. The van der Waals surface area contributed by atoms with Crippen LogP contribution in [0.3, 0.4) is 0 Å². The third-order valence-corrected chi connectivity index (χ3v) is 4.43. The van der Waals surface area contributed by atoms with E-state index in [9.17, 15) is 4.79 Å². The Bertz CT molecular complexity index is 481. The molecule has 0 saturated heterocycles. The summed E-state index contributed by atoms with van der Waals surface area (Å²) in [5.74, 6) is 1.11. The van der Waals surface area contributed by atoms with Crippen LogP contribution >= 0.6 is 24.8 Å². The summed E-state index contributed by atoms with van der Waals surface area (Å²) in [6.07, 6.45) is 6.94. The van der Waals surface area contributed by atoms with E-state index in [1.54, 1.807) is 12.4 Å². The molecule has 20 heavy (non-hydrogen) atoms. The van der Waals surface area contributed by atoms with Crippen molar-refractivity contribution < 1.29 is 4.79 Å². The van der Waals surface area contributed by atoms with Gasteiger partial charge >= 0.3 is 0 Å². The van der Waals surface area contributed by atoms with Gasteiger partial charge in [0.05, 0.1) is 17.8 Å². The number of halogens is 2. The normalized spacial score (nSPS) is 30.3. The highest BCUT2D eigenvalue weighted by Gasteiger charge is 2.49. The number of rotatable bonds is 2. The van der Waals surface area contributed by atoms with Crippen LogP contribution in [0.2, 0.25) is 0 Å². The molecule has 112 valence electrons. The highest BCUT2D eigenvalue weighted by atomic mass is 35.5. The number of anilines is 1. The van der Waals surface area contributed by atoms with Gasteiger partial charge in [-0.3, -0.25) is 9.78 Å². The third-order valence-electron chi connectivity index (χ3n) is 4.43. The van der Waals surface area contributed by atoms with Gasteiger partial charge in [-0.15, -0.1) is 24.8 Å². The predicted molar refractivity (Wildman–Crippen MR) is 84.4 cm³/mol. The zero-order valence-corrected chi connectivity index (χ0v) is 13.0.